The Hall–Kier alpha value is -1.93. The molecule has 1 fully saturated rings. The molecule has 1 aromatic heterocycles. The average Bonchev–Trinajstić information content (AvgIpc) is 2.89. The minimum absolute atomic E-state index is 0.0232. The highest BCUT2D eigenvalue weighted by molar-refractivity contribution is 5.68. The van der Waals surface area contributed by atoms with Gasteiger partial charge in [-0.3, -0.25) is 0 Å². The molecular weight excluding hydrogens is 308 g/mol. The highest BCUT2D eigenvalue weighted by atomic mass is 19.3. The molecule has 1 amide bonds. The molecule has 1 aromatic rings. The molecule has 0 radical (unpaired) electrons. The van der Waals surface area contributed by atoms with Crippen LogP contribution in [0.1, 0.15) is 45.5 Å². The molecule has 0 saturated carbocycles. The van der Waals surface area contributed by atoms with Crippen molar-refractivity contribution in [2.75, 3.05) is 25.0 Å². The van der Waals surface area contributed by atoms with E-state index in [1.165, 1.54) is 0 Å². The molecule has 2 aliphatic heterocycles. The molecule has 3 heterocycles. The number of anilines is 1. The van der Waals surface area contributed by atoms with E-state index in [-0.39, 0.29) is 18.1 Å². The summed E-state index contributed by atoms with van der Waals surface area (Å²) in [7, 11) is 0. The lowest BCUT2D eigenvalue weighted by atomic mass is 9.91. The first-order valence-electron chi connectivity index (χ1n) is 7.71. The maximum absolute atomic E-state index is 12.8. The number of fused-ring (bicyclic) bond motifs is 3. The predicted octanol–water partition coefficient (Wildman–Crippen LogP) is 2.44. The van der Waals surface area contributed by atoms with Crippen molar-refractivity contribution in [3.05, 3.63) is 5.82 Å². The van der Waals surface area contributed by atoms with Crippen molar-refractivity contribution in [2.24, 2.45) is 5.92 Å². The van der Waals surface area contributed by atoms with Crippen LogP contribution in [0.25, 0.3) is 0 Å². The zero-order valence-corrected chi connectivity index (χ0v) is 13.4. The lowest BCUT2D eigenvalue weighted by Crippen LogP contribution is -2.50. The second-order valence-corrected chi connectivity index (χ2v) is 6.96. The molecule has 0 aliphatic carbocycles. The summed E-state index contributed by atoms with van der Waals surface area (Å²) in [5.74, 6) is 0.0194. The summed E-state index contributed by atoms with van der Waals surface area (Å²) in [6.07, 6.45) is -2.38. The number of carbonyl (C=O) groups excluding carboxylic acids is 1. The Morgan fingerprint density at radius 1 is 1.43 bits per heavy atom. The van der Waals surface area contributed by atoms with E-state index >= 15 is 0 Å². The Bertz CT molecular complexity index is 598. The van der Waals surface area contributed by atoms with Gasteiger partial charge in [0.2, 0.25) is 11.8 Å². The number of alkyl halides is 2. The number of rotatable bonds is 1. The quantitative estimate of drug-likeness (QED) is 0.857. The number of aromatic nitrogens is 3. The highest BCUT2D eigenvalue weighted by Gasteiger charge is 2.39. The monoisotopic (exact) mass is 329 g/mol. The minimum atomic E-state index is -2.68. The Kier molecular flexibility index (Phi) is 3.89. The van der Waals surface area contributed by atoms with Crippen molar-refractivity contribution in [1.82, 2.24) is 19.7 Å². The molecule has 0 bridgehead atoms. The van der Waals surface area contributed by atoms with E-state index in [1.54, 1.807) is 9.58 Å². The van der Waals surface area contributed by atoms with Crippen LogP contribution in [0.3, 0.4) is 0 Å². The van der Waals surface area contributed by atoms with Gasteiger partial charge >= 0.3 is 6.09 Å². The minimum Gasteiger partial charge on any atom is -0.444 e. The fourth-order valence-electron chi connectivity index (χ4n) is 3.04. The normalized spacial score (nSPS) is 24.0. The molecule has 2 unspecified atom stereocenters. The Morgan fingerprint density at radius 2 is 2.17 bits per heavy atom. The molecule has 128 valence electrons. The van der Waals surface area contributed by atoms with Gasteiger partial charge in [0.05, 0.1) is 6.04 Å². The van der Waals surface area contributed by atoms with Crippen molar-refractivity contribution in [2.45, 2.75) is 45.3 Å². The first kappa shape index (κ1) is 15.9. The van der Waals surface area contributed by atoms with E-state index in [4.69, 9.17) is 4.74 Å². The van der Waals surface area contributed by atoms with Gasteiger partial charge in [0.25, 0.3) is 6.43 Å². The fraction of sp³-hybridized carbons (Fsp3) is 0.786. The molecule has 9 heteroatoms. The van der Waals surface area contributed by atoms with Crippen LogP contribution >= 0.6 is 0 Å². The van der Waals surface area contributed by atoms with Crippen LogP contribution in [0.2, 0.25) is 0 Å². The van der Waals surface area contributed by atoms with Crippen LogP contribution in [-0.2, 0) is 4.74 Å². The number of ether oxygens (including phenoxy) is 1. The molecule has 0 spiro atoms. The number of carbonyl (C=O) groups is 1. The second-order valence-electron chi connectivity index (χ2n) is 6.96. The number of hydrogen-bond acceptors (Lipinski definition) is 5. The van der Waals surface area contributed by atoms with Crippen molar-refractivity contribution in [3.63, 3.8) is 0 Å². The van der Waals surface area contributed by atoms with Crippen LogP contribution in [0, 0.1) is 5.92 Å². The van der Waals surface area contributed by atoms with Crippen molar-refractivity contribution in [1.29, 1.82) is 0 Å². The predicted molar refractivity (Wildman–Crippen MR) is 78.4 cm³/mol. The third-order valence-corrected chi connectivity index (χ3v) is 4.02. The number of likely N-dealkylation sites (tertiary alicyclic amines) is 1. The third-order valence-electron chi connectivity index (χ3n) is 4.02. The van der Waals surface area contributed by atoms with Crippen molar-refractivity contribution in [3.8, 4) is 0 Å². The molecule has 0 aromatic carbocycles. The van der Waals surface area contributed by atoms with Crippen molar-refractivity contribution < 1.29 is 18.3 Å². The Balaban J connectivity index is 1.71. The summed E-state index contributed by atoms with van der Waals surface area (Å²) in [6.45, 7) is 7.08. The van der Waals surface area contributed by atoms with Gasteiger partial charge in [-0.1, -0.05) is 0 Å². The summed E-state index contributed by atoms with van der Waals surface area (Å²) >= 11 is 0. The molecule has 2 aliphatic rings. The van der Waals surface area contributed by atoms with E-state index in [2.05, 4.69) is 15.4 Å². The fourth-order valence-corrected chi connectivity index (χ4v) is 3.04. The average molecular weight is 329 g/mol. The van der Waals surface area contributed by atoms with Crippen LogP contribution in [-0.4, -0.2) is 51.0 Å². The smallest absolute Gasteiger partial charge is 0.410 e. The summed E-state index contributed by atoms with van der Waals surface area (Å²) in [5, 5.41) is 6.94. The van der Waals surface area contributed by atoms with E-state index < -0.39 is 17.9 Å². The number of piperidine rings is 1. The number of hydrogen-bond donors (Lipinski definition) is 1. The molecule has 3 rings (SSSR count). The van der Waals surface area contributed by atoms with Gasteiger partial charge in [-0.25, -0.2) is 18.3 Å². The molecule has 23 heavy (non-hydrogen) atoms. The van der Waals surface area contributed by atoms with Gasteiger partial charge in [0.15, 0.2) is 0 Å². The van der Waals surface area contributed by atoms with E-state index in [0.29, 0.717) is 32.0 Å². The van der Waals surface area contributed by atoms with E-state index in [1.807, 2.05) is 20.8 Å². The number of halogens is 2. The first-order valence-corrected chi connectivity index (χ1v) is 7.71. The van der Waals surface area contributed by atoms with Gasteiger partial charge in [-0.2, -0.15) is 4.98 Å². The largest absolute Gasteiger partial charge is 0.444 e. The molecule has 1 N–H and O–H groups in total. The number of nitrogens with one attached hydrogen (secondary N) is 1. The number of nitrogens with zero attached hydrogens (tertiary/aromatic N) is 4. The van der Waals surface area contributed by atoms with E-state index in [9.17, 15) is 13.6 Å². The molecule has 2 atom stereocenters. The van der Waals surface area contributed by atoms with Crippen LogP contribution in [0.5, 0.6) is 0 Å². The Labute approximate surface area is 133 Å². The standard InChI is InChI=1S/C14H21F2N5O2/c1-14(2,3)23-13(22)20-5-4-9-8(7-20)6-17-12-18-11(10(15)16)19-21(9)12/h8-10H,4-7H2,1-3H3,(H,17,18,19). The maximum atomic E-state index is 12.8. The van der Waals surface area contributed by atoms with Crippen LogP contribution < -0.4 is 5.32 Å². The van der Waals surface area contributed by atoms with Gasteiger partial charge in [0, 0.05) is 25.6 Å². The van der Waals surface area contributed by atoms with Gasteiger partial charge in [0.1, 0.15) is 5.60 Å². The van der Waals surface area contributed by atoms with E-state index in [0.717, 1.165) is 0 Å². The molecular formula is C14H21F2N5O2. The summed E-state index contributed by atoms with van der Waals surface area (Å²) in [5.41, 5.74) is -0.538. The zero-order valence-electron chi connectivity index (χ0n) is 13.4. The lowest BCUT2D eigenvalue weighted by molar-refractivity contribution is 0.0106. The molecule has 1 saturated heterocycles. The van der Waals surface area contributed by atoms with Crippen LogP contribution in [0.4, 0.5) is 19.5 Å². The topological polar surface area (TPSA) is 72.3 Å². The Morgan fingerprint density at radius 3 is 2.83 bits per heavy atom. The third kappa shape index (κ3) is 3.23. The van der Waals surface area contributed by atoms with Crippen LogP contribution in [0.15, 0.2) is 0 Å². The number of amides is 1. The zero-order chi connectivity index (χ0) is 16.8. The van der Waals surface area contributed by atoms with Gasteiger partial charge < -0.3 is 15.0 Å². The summed E-state index contributed by atoms with van der Waals surface area (Å²) in [4.78, 5) is 17.7. The summed E-state index contributed by atoms with van der Waals surface area (Å²) in [6, 6.07) is -0.0232. The maximum Gasteiger partial charge on any atom is 0.410 e. The summed E-state index contributed by atoms with van der Waals surface area (Å²) < 4.78 is 32.5. The lowest BCUT2D eigenvalue weighted by Gasteiger charge is -2.41. The van der Waals surface area contributed by atoms with Gasteiger partial charge in [-0.15, -0.1) is 5.10 Å². The van der Waals surface area contributed by atoms with Gasteiger partial charge in [-0.05, 0) is 27.2 Å². The highest BCUT2D eigenvalue weighted by Crippen LogP contribution is 2.35. The first-order chi connectivity index (χ1) is 10.7. The van der Waals surface area contributed by atoms with Crippen molar-refractivity contribution >= 4 is 12.0 Å². The molecule has 7 nitrogen and oxygen atoms in total. The SMILES string of the molecule is CC(C)(C)OC(=O)N1CCC2C(CNc3nc(C(F)F)nn32)C1. The second kappa shape index (κ2) is 5.61.